The molecule has 0 unspecified atom stereocenters. The summed E-state index contributed by atoms with van der Waals surface area (Å²) in [5.74, 6) is -0.814. The Balaban J connectivity index is 1.71. The van der Waals surface area contributed by atoms with Gasteiger partial charge < -0.3 is 15.3 Å². The van der Waals surface area contributed by atoms with Crippen LogP contribution in [0, 0.1) is 10.1 Å². The summed E-state index contributed by atoms with van der Waals surface area (Å²) in [4.78, 5) is 25.4. The lowest BCUT2D eigenvalue weighted by atomic mass is 10.0. The van der Waals surface area contributed by atoms with Gasteiger partial charge in [-0.15, -0.1) is 0 Å². The maximum Gasteiger partial charge on any atom is 0.262 e. The monoisotopic (exact) mass is 388 g/mol. The van der Waals surface area contributed by atoms with Gasteiger partial charge in [-0.3, -0.25) is 14.9 Å². The van der Waals surface area contributed by atoms with Gasteiger partial charge in [-0.05, 0) is 29.9 Å². The van der Waals surface area contributed by atoms with Crippen molar-refractivity contribution in [2.75, 3.05) is 11.9 Å². The van der Waals surface area contributed by atoms with Gasteiger partial charge in [-0.1, -0.05) is 54.6 Å². The Kier molecular flexibility index (Phi) is 4.87. The van der Waals surface area contributed by atoms with Crippen molar-refractivity contribution in [1.82, 2.24) is 4.90 Å². The van der Waals surface area contributed by atoms with Crippen molar-refractivity contribution in [3.63, 3.8) is 0 Å². The normalized spacial score (nSPS) is 15.5. The van der Waals surface area contributed by atoms with Crippen molar-refractivity contribution >= 4 is 17.3 Å². The van der Waals surface area contributed by atoms with Crippen LogP contribution in [-0.4, -0.2) is 22.3 Å². The molecule has 0 saturated carbocycles. The molecule has 7 nitrogen and oxygen atoms in total. The quantitative estimate of drug-likeness (QED) is 0.533. The second-order valence-electron chi connectivity index (χ2n) is 6.81. The maximum atomic E-state index is 13.2. The minimum Gasteiger partial charge on any atom is -0.868 e. The molecule has 1 aliphatic rings. The second kappa shape index (κ2) is 7.63. The highest BCUT2D eigenvalue weighted by Crippen LogP contribution is 2.35. The molecule has 1 heterocycles. The van der Waals surface area contributed by atoms with Gasteiger partial charge in [0.25, 0.3) is 11.6 Å². The summed E-state index contributed by atoms with van der Waals surface area (Å²) in [5.41, 5.74) is 2.28. The van der Waals surface area contributed by atoms with Gasteiger partial charge >= 0.3 is 0 Å². The van der Waals surface area contributed by atoms with E-state index in [2.05, 4.69) is 5.32 Å². The van der Waals surface area contributed by atoms with Crippen molar-refractivity contribution in [3.05, 3.63) is 99.6 Å². The first-order valence-electron chi connectivity index (χ1n) is 9.20. The number of nitro groups is 1. The number of rotatable bonds is 5. The molecule has 0 saturated heterocycles. The molecule has 29 heavy (non-hydrogen) atoms. The molecule has 146 valence electrons. The molecule has 0 fully saturated rings. The molecular weight excluding hydrogens is 370 g/mol. The van der Waals surface area contributed by atoms with Crippen LogP contribution in [-0.2, 0) is 6.42 Å². The Morgan fingerprint density at radius 2 is 1.72 bits per heavy atom. The van der Waals surface area contributed by atoms with Gasteiger partial charge in [0, 0.05) is 23.9 Å². The molecule has 1 atom stereocenters. The third kappa shape index (κ3) is 3.62. The summed E-state index contributed by atoms with van der Waals surface area (Å²) < 4.78 is 0. The van der Waals surface area contributed by atoms with E-state index in [1.807, 2.05) is 36.4 Å². The molecule has 1 aliphatic heterocycles. The van der Waals surface area contributed by atoms with E-state index in [9.17, 15) is 20.0 Å². The van der Waals surface area contributed by atoms with E-state index in [-0.39, 0.29) is 5.91 Å². The van der Waals surface area contributed by atoms with Crippen molar-refractivity contribution in [2.45, 2.75) is 12.6 Å². The fraction of sp³-hybridized carbons (Fsp3) is 0.136. The van der Waals surface area contributed by atoms with Crippen molar-refractivity contribution in [3.8, 4) is 5.75 Å². The number of amides is 1. The zero-order chi connectivity index (χ0) is 20.4. The van der Waals surface area contributed by atoms with Crippen LogP contribution in [0.1, 0.15) is 27.7 Å². The number of benzene rings is 3. The fourth-order valence-electron chi connectivity index (χ4n) is 3.53. The van der Waals surface area contributed by atoms with Crippen molar-refractivity contribution < 1.29 is 14.8 Å². The van der Waals surface area contributed by atoms with Gasteiger partial charge in [-0.25, -0.2) is 0 Å². The minimum absolute atomic E-state index is 0.158. The smallest absolute Gasteiger partial charge is 0.262 e. The average Bonchev–Trinajstić information content (AvgIpc) is 2.74. The number of nitrogens with zero attached hydrogens (tertiary/aromatic N) is 2. The molecule has 7 heteroatoms. The number of anilines is 1. The first-order valence-corrected chi connectivity index (χ1v) is 9.20. The van der Waals surface area contributed by atoms with E-state index in [4.69, 9.17) is 0 Å². The third-order valence-corrected chi connectivity index (χ3v) is 5.00. The highest BCUT2D eigenvalue weighted by molar-refractivity contribution is 6.01. The number of hydrogen-bond donors (Lipinski definition) is 1. The SMILES string of the molecule is O=C1c2ccccc2N[C@@H](c2ccc([O-])c([N+](=O)[O-])c2)N1CCc1ccccc1. The molecular formula is C22H18N3O4-. The highest BCUT2D eigenvalue weighted by Gasteiger charge is 2.33. The standard InChI is InChI=1S/C22H19N3O4/c26-20-11-10-16(14-19(20)25(28)29)21-23-18-9-5-4-8-17(18)22(27)24(21)13-12-15-6-2-1-3-7-15/h1-11,14,21,23,26H,12-13H2/p-1/t21-/m1/s1. The molecule has 3 aromatic rings. The Labute approximate surface area is 167 Å². The largest absolute Gasteiger partial charge is 0.868 e. The maximum absolute atomic E-state index is 13.2. The molecule has 0 spiro atoms. The lowest BCUT2D eigenvalue weighted by Crippen LogP contribution is -2.44. The molecule has 1 amide bonds. The van der Waals surface area contributed by atoms with Crippen LogP contribution in [0.4, 0.5) is 11.4 Å². The number of hydrogen-bond acceptors (Lipinski definition) is 5. The summed E-state index contributed by atoms with van der Waals surface area (Å²) in [6, 6.07) is 20.9. The van der Waals surface area contributed by atoms with E-state index in [0.717, 1.165) is 5.56 Å². The van der Waals surface area contributed by atoms with Gasteiger partial charge in [0.1, 0.15) is 6.17 Å². The molecule has 1 N–H and O–H groups in total. The van der Waals surface area contributed by atoms with Crippen molar-refractivity contribution in [1.29, 1.82) is 0 Å². The zero-order valence-electron chi connectivity index (χ0n) is 15.4. The van der Waals surface area contributed by atoms with Crippen LogP contribution in [0.25, 0.3) is 0 Å². The first kappa shape index (κ1) is 18.5. The topological polar surface area (TPSA) is 98.5 Å². The lowest BCUT2D eigenvalue weighted by Gasteiger charge is -2.38. The fourth-order valence-corrected chi connectivity index (χ4v) is 3.53. The summed E-state index contributed by atoms with van der Waals surface area (Å²) in [6.45, 7) is 0.418. The third-order valence-electron chi connectivity index (χ3n) is 5.00. The van der Waals surface area contributed by atoms with Crippen LogP contribution in [0.2, 0.25) is 0 Å². The number of carbonyl (C=O) groups is 1. The number of para-hydroxylation sites is 1. The highest BCUT2D eigenvalue weighted by atomic mass is 16.6. The summed E-state index contributed by atoms with van der Waals surface area (Å²) in [6.07, 6.45) is 0.0229. The van der Waals surface area contributed by atoms with E-state index in [1.54, 1.807) is 23.1 Å². The minimum atomic E-state index is -0.696. The predicted molar refractivity (Wildman–Crippen MR) is 107 cm³/mol. The van der Waals surface area contributed by atoms with Gasteiger partial charge in [0.05, 0.1) is 10.5 Å². The number of fused-ring (bicyclic) bond motifs is 1. The van der Waals surface area contributed by atoms with Crippen LogP contribution in [0.3, 0.4) is 0 Å². The van der Waals surface area contributed by atoms with Crippen LogP contribution >= 0.6 is 0 Å². The van der Waals surface area contributed by atoms with Gasteiger partial charge in [-0.2, -0.15) is 0 Å². The average molecular weight is 388 g/mol. The van der Waals surface area contributed by atoms with E-state index in [0.29, 0.717) is 29.8 Å². The predicted octanol–water partition coefficient (Wildman–Crippen LogP) is 3.48. The number of carbonyl (C=O) groups excluding carboxylic acids is 1. The van der Waals surface area contributed by atoms with E-state index < -0.39 is 22.5 Å². The molecule has 0 radical (unpaired) electrons. The summed E-state index contributed by atoms with van der Waals surface area (Å²) in [7, 11) is 0. The van der Waals surface area contributed by atoms with Crippen LogP contribution in [0.5, 0.6) is 5.75 Å². The number of nitrogens with one attached hydrogen (secondary N) is 1. The van der Waals surface area contributed by atoms with Crippen LogP contribution < -0.4 is 10.4 Å². The molecule has 3 aromatic carbocycles. The Hall–Kier alpha value is -3.87. The molecule has 0 aromatic heterocycles. The van der Waals surface area contributed by atoms with Crippen LogP contribution in [0.15, 0.2) is 72.8 Å². The zero-order valence-corrected chi connectivity index (χ0v) is 15.4. The molecule has 0 bridgehead atoms. The molecule has 4 rings (SSSR count). The number of nitro benzene ring substituents is 1. The Bertz CT molecular complexity index is 1070. The summed E-state index contributed by atoms with van der Waals surface area (Å²) >= 11 is 0. The second-order valence-corrected chi connectivity index (χ2v) is 6.81. The van der Waals surface area contributed by atoms with Gasteiger partial charge in [0.15, 0.2) is 0 Å². The first-order chi connectivity index (χ1) is 14.0. The Morgan fingerprint density at radius 3 is 2.48 bits per heavy atom. The van der Waals surface area contributed by atoms with Crippen molar-refractivity contribution in [2.24, 2.45) is 0 Å². The lowest BCUT2D eigenvalue weighted by molar-refractivity contribution is -0.398. The van der Waals surface area contributed by atoms with E-state index in [1.165, 1.54) is 18.2 Å². The Morgan fingerprint density at radius 1 is 1.00 bits per heavy atom. The van der Waals surface area contributed by atoms with Gasteiger partial charge in [0.2, 0.25) is 0 Å². The summed E-state index contributed by atoms with van der Waals surface area (Å²) in [5, 5.41) is 26.3. The molecule has 0 aliphatic carbocycles. The van der Waals surface area contributed by atoms with E-state index >= 15 is 0 Å².